The van der Waals surface area contributed by atoms with Crippen LogP contribution in [-0.4, -0.2) is 25.0 Å². The SMILES string of the molecule is Cc1c(C)c2c(c(C)c1O[Si](C)(C)C(C)(C)C)CC[C@@](C)(C=CCCCCCCCCCCC(=O)O)O2. The summed E-state index contributed by atoms with van der Waals surface area (Å²) < 4.78 is 13.5. The lowest BCUT2D eigenvalue weighted by atomic mass is 9.87. The van der Waals surface area contributed by atoms with Crippen LogP contribution in [0.2, 0.25) is 18.1 Å². The van der Waals surface area contributed by atoms with Crippen molar-refractivity contribution in [3.63, 3.8) is 0 Å². The zero-order valence-electron chi connectivity index (χ0n) is 25.3. The topological polar surface area (TPSA) is 55.8 Å². The molecule has 0 aliphatic carbocycles. The molecule has 4 nitrogen and oxygen atoms in total. The summed E-state index contributed by atoms with van der Waals surface area (Å²) in [6.45, 7) is 20.3. The number of benzene rings is 1. The number of carboxylic acids is 1. The average molecular weight is 531 g/mol. The van der Waals surface area contributed by atoms with Crippen LogP contribution in [-0.2, 0) is 11.2 Å². The molecular weight excluding hydrogens is 476 g/mol. The van der Waals surface area contributed by atoms with Gasteiger partial charge in [0.25, 0.3) is 8.32 Å². The van der Waals surface area contributed by atoms with E-state index >= 15 is 0 Å². The number of rotatable bonds is 14. The van der Waals surface area contributed by atoms with Gasteiger partial charge in [-0.25, -0.2) is 0 Å². The normalized spacial score (nSPS) is 18.1. The van der Waals surface area contributed by atoms with Crippen LogP contribution in [0.15, 0.2) is 12.2 Å². The van der Waals surface area contributed by atoms with Crippen molar-refractivity contribution in [1.82, 2.24) is 0 Å². The lowest BCUT2D eigenvalue weighted by Gasteiger charge is -2.40. The van der Waals surface area contributed by atoms with Crippen LogP contribution >= 0.6 is 0 Å². The van der Waals surface area contributed by atoms with E-state index in [9.17, 15) is 4.79 Å². The van der Waals surface area contributed by atoms with Crippen LogP contribution < -0.4 is 9.16 Å². The van der Waals surface area contributed by atoms with Gasteiger partial charge in [-0.05, 0) is 101 Å². The summed E-state index contributed by atoms with van der Waals surface area (Å²) >= 11 is 0. The van der Waals surface area contributed by atoms with Crippen molar-refractivity contribution < 1.29 is 19.1 Å². The number of unbranched alkanes of at least 4 members (excludes halogenated alkanes) is 8. The van der Waals surface area contributed by atoms with Gasteiger partial charge >= 0.3 is 5.97 Å². The molecule has 0 bridgehead atoms. The molecule has 0 fully saturated rings. The number of fused-ring (bicyclic) bond motifs is 1. The van der Waals surface area contributed by atoms with Gasteiger partial charge in [-0.3, -0.25) is 4.79 Å². The van der Waals surface area contributed by atoms with E-state index in [-0.39, 0.29) is 10.6 Å². The summed E-state index contributed by atoms with van der Waals surface area (Å²) in [5.74, 6) is 1.48. The Morgan fingerprint density at radius 1 is 0.973 bits per heavy atom. The molecule has 5 heteroatoms. The summed E-state index contributed by atoms with van der Waals surface area (Å²) in [6, 6.07) is 0. The van der Waals surface area contributed by atoms with Gasteiger partial charge in [-0.1, -0.05) is 65.4 Å². The predicted octanol–water partition coefficient (Wildman–Crippen LogP) is 9.62. The van der Waals surface area contributed by atoms with Crippen molar-refractivity contribution in [3.05, 3.63) is 34.4 Å². The highest BCUT2D eigenvalue weighted by Crippen LogP contribution is 2.46. The van der Waals surface area contributed by atoms with Gasteiger partial charge in [0, 0.05) is 12.0 Å². The van der Waals surface area contributed by atoms with Crippen molar-refractivity contribution in [2.75, 3.05) is 0 Å². The molecule has 0 unspecified atom stereocenters. The summed E-state index contributed by atoms with van der Waals surface area (Å²) in [7, 11) is -1.92. The second-order valence-corrected chi connectivity index (χ2v) is 17.7. The van der Waals surface area contributed by atoms with Gasteiger partial charge in [0.05, 0.1) is 0 Å². The van der Waals surface area contributed by atoms with Crippen LogP contribution in [0.3, 0.4) is 0 Å². The minimum absolute atomic E-state index is 0.166. The molecule has 0 saturated heterocycles. The molecule has 1 aliphatic heterocycles. The molecule has 210 valence electrons. The Morgan fingerprint density at radius 2 is 1.54 bits per heavy atom. The molecule has 0 aromatic heterocycles. The zero-order valence-corrected chi connectivity index (χ0v) is 26.3. The first kappa shape index (κ1) is 31.5. The molecule has 1 aliphatic rings. The van der Waals surface area contributed by atoms with Crippen molar-refractivity contribution in [2.45, 2.75) is 149 Å². The Balaban J connectivity index is 1.88. The highest BCUT2D eigenvalue weighted by Gasteiger charge is 2.40. The molecule has 1 atom stereocenters. The lowest BCUT2D eigenvalue weighted by Crippen LogP contribution is -2.44. The summed E-state index contributed by atoms with van der Waals surface area (Å²) in [5, 5.41) is 8.85. The third kappa shape index (κ3) is 8.90. The van der Waals surface area contributed by atoms with Crippen molar-refractivity contribution in [2.24, 2.45) is 0 Å². The standard InChI is InChI=1S/C32H54O4Si/c1-24-25(2)30-27(26(3)29(24)36-37(8,9)31(4,5)6)21-23-32(7,35-30)22-19-17-15-13-11-10-12-14-16-18-20-28(33)34/h19,22H,10-18,20-21,23H2,1-9H3,(H,33,34)/t32-/m1/s1. The highest BCUT2D eigenvalue weighted by atomic mass is 28.4. The number of hydrogen-bond donors (Lipinski definition) is 1. The molecule has 0 spiro atoms. The Bertz CT molecular complexity index is 941. The fraction of sp³-hybridized carbons (Fsp3) is 0.719. The number of hydrogen-bond acceptors (Lipinski definition) is 3. The Morgan fingerprint density at radius 3 is 2.11 bits per heavy atom. The Labute approximate surface area is 228 Å². The molecule has 2 rings (SSSR count). The molecule has 1 aromatic rings. The lowest BCUT2D eigenvalue weighted by molar-refractivity contribution is -0.137. The van der Waals surface area contributed by atoms with Crippen LogP contribution in [0.4, 0.5) is 0 Å². The molecule has 1 aromatic carbocycles. The van der Waals surface area contributed by atoms with E-state index in [1.54, 1.807) is 0 Å². The van der Waals surface area contributed by atoms with Gasteiger partial charge < -0.3 is 14.3 Å². The molecule has 1 heterocycles. The van der Waals surface area contributed by atoms with Crippen molar-refractivity contribution >= 4 is 14.3 Å². The van der Waals surface area contributed by atoms with E-state index in [1.807, 2.05) is 0 Å². The fourth-order valence-electron chi connectivity index (χ4n) is 4.86. The molecule has 0 amide bonds. The molecule has 1 N–H and O–H groups in total. The number of carboxylic acid groups (broad SMARTS) is 1. The predicted molar refractivity (Wildman–Crippen MR) is 159 cm³/mol. The van der Waals surface area contributed by atoms with Crippen LogP contribution in [0.25, 0.3) is 0 Å². The number of carbonyl (C=O) groups is 1. The summed E-state index contributed by atoms with van der Waals surface area (Å²) in [4.78, 5) is 10.5. The second kappa shape index (κ2) is 13.4. The van der Waals surface area contributed by atoms with E-state index in [2.05, 4.69) is 73.7 Å². The first-order valence-corrected chi connectivity index (χ1v) is 17.5. The quantitative estimate of drug-likeness (QED) is 0.148. The molecular formula is C32H54O4Si. The largest absolute Gasteiger partial charge is 0.543 e. The molecule has 0 saturated carbocycles. The second-order valence-electron chi connectivity index (χ2n) is 13.0. The van der Waals surface area contributed by atoms with Gasteiger partial charge in [0.15, 0.2) is 0 Å². The van der Waals surface area contributed by atoms with Crippen LogP contribution in [0.1, 0.15) is 121 Å². The van der Waals surface area contributed by atoms with Gasteiger partial charge in [0.2, 0.25) is 0 Å². The zero-order chi connectivity index (χ0) is 27.9. The van der Waals surface area contributed by atoms with Gasteiger partial charge in [-0.15, -0.1) is 0 Å². The summed E-state index contributed by atoms with van der Waals surface area (Å²) in [5.41, 5.74) is 4.77. The smallest absolute Gasteiger partial charge is 0.303 e. The highest BCUT2D eigenvalue weighted by molar-refractivity contribution is 6.74. The van der Waals surface area contributed by atoms with E-state index in [4.69, 9.17) is 14.3 Å². The van der Waals surface area contributed by atoms with Crippen molar-refractivity contribution in [1.29, 1.82) is 0 Å². The molecule has 37 heavy (non-hydrogen) atoms. The van der Waals surface area contributed by atoms with Crippen LogP contribution in [0, 0.1) is 20.8 Å². The average Bonchev–Trinajstić information content (AvgIpc) is 2.80. The van der Waals surface area contributed by atoms with E-state index in [0.29, 0.717) is 6.42 Å². The van der Waals surface area contributed by atoms with E-state index in [0.717, 1.165) is 50.0 Å². The summed E-state index contributed by atoms with van der Waals surface area (Å²) in [6.07, 6.45) is 17.3. The first-order chi connectivity index (χ1) is 17.2. The number of allylic oxidation sites excluding steroid dienone is 1. The maximum absolute atomic E-state index is 10.5. The Hall–Kier alpha value is -1.75. The Kier molecular flexibility index (Phi) is 11.4. The van der Waals surface area contributed by atoms with Gasteiger partial charge in [0.1, 0.15) is 17.1 Å². The minimum Gasteiger partial charge on any atom is -0.543 e. The van der Waals surface area contributed by atoms with Crippen LogP contribution in [0.5, 0.6) is 11.5 Å². The molecule has 0 radical (unpaired) electrons. The van der Waals surface area contributed by atoms with E-state index in [1.165, 1.54) is 54.4 Å². The monoisotopic (exact) mass is 530 g/mol. The fourth-order valence-corrected chi connectivity index (χ4v) is 5.99. The number of aliphatic carboxylic acids is 1. The van der Waals surface area contributed by atoms with Gasteiger partial charge in [-0.2, -0.15) is 0 Å². The maximum atomic E-state index is 10.5. The maximum Gasteiger partial charge on any atom is 0.303 e. The first-order valence-electron chi connectivity index (χ1n) is 14.6. The third-order valence-corrected chi connectivity index (χ3v) is 13.0. The number of ether oxygens (including phenoxy) is 1. The van der Waals surface area contributed by atoms with E-state index < -0.39 is 14.3 Å². The minimum atomic E-state index is -1.92. The van der Waals surface area contributed by atoms with Crippen molar-refractivity contribution in [3.8, 4) is 11.5 Å². The third-order valence-electron chi connectivity index (χ3n) is 8.66.